The summed E-state index contributed by atoms with van der Waals surface area (Å²) in [5.41, 5.74) is 0.755. The van der Waals surface area contributed by atoms with Crippen LogP contribution in [0.3, 0.4) is 0 Å². The molecule has 3 rings (SSSR count). The van der Waals surface area contributed by atoms with E-state index in [9.17, 15) is 9.59 Å². The summed E-state index contributed by atoms with van der Waals surface area (Å²) in [6, 6.07) is 8.30. The van der Waals surface area contributed by atoms with Crippen LogP contribution in [0.2, 0.25) is 0 Å². The number of carbonyl (C=O) groups is 2. The van der Waals surface area contributed by atoms with Gasteiger partial charge in [0.05, 0.1) is 0 Å². The van der Waals surface area contributed by atoms with Crippen molar-refractivity contribution in [3.05, 3.63) is 35.2 Å². The second kappa shape index (κ2) is 7.23. The second-order valence-corrected chi connectivity index (χ2v) is 6.95. The monoisotopic (exact) mass is 330 g/mol. The van der Waals surface area contributed by atoms with Gasteiger partial charge in [-0.05, 0) is 26.0 Å². The number of ketones is 1. The lowest BCUT2D eigenvalue weighted by atomic mass is 10.0. The molecule has 0 spiro atoms. The zero-order valence-corrected chi connectivity index (χ0v) is 14.2. The summed E-state index contributed by atoms with van der Waals surface area (Å²) in [4.78, 5) is 26.7. The number of likely N-dealkylation sites (tertiary alicyclic amines) is 1. The molecule has 1 aromatic carbocycles. The van der Waals surface area contributed by atoms with Crippen LogP contribution in [-0.2, 0) is 4.79 Å². The molecule has 1 unspecified atom stereocenters. The summed E-state index contributed by atoms with van der Waals surface area (Å²) >= 11 is 1.58. The lowest BCUT2D eigenvalue weighted by Crippen LogP contribution is -2.47. The van der Waals surface area contributed by atoms with Crippen LogP contribution in [0.4, 0.5) is 0 Å². The fraction of sp³-hybridized carbons (Fsp3) is 0.444. The lowest BCUT2D eigenvalue weighted by Gasteiger charge is -2.32. The third-order valence-corrected chi connectivity index (χ3v) is 5.49. The molecule has 1 fully saturated rings. The molecule has 1 N–H and O–H groups in total. The number of nitrogens with one attached hydrogen (secondary N) is 1. The number of rotatable bonds is 5. The summed E-state index contributed by atoms with van der Waals surface area (Å²) in [7, 11) is 1.93. The average Bonchev–Trinajstić information content (AvgIpc) is 3.03. The molecule has 1 aromatic heterocycles. The largest absolute Gasteiger partial charge is 0.341 e. The maximum atomic E-state index is 12.5. The van der Waals surface area contributed by atoms with Crippen LogP contribution in [0.5, 0.6) is 0 Å². The maximum absolute atomic E-state index is 12.5. The Morgan fingerprint density at radius 2 is 2.13 bits per heavy atom. The van der Waals surface area contributed by atoms with Crippen LogP contribution in [0.25, 0.3) is 10.1 Å². The molecule has 2 aromatic rings. The predicted molar refractivity (Wildman–Crippen MR) is 94.1 cm³/mol. The SMILES string of the molecule is CNC1CCCN(C(=O)CCC(=O)c2csc3ccccc23)C1. The smallest absolute Gasteiger partial charge is 0.223 e. The summed E-state index contributed by atoms with van der Waals surface area (Å²) in [6.07, 6.45) is 2.74. The molecule has 4 nitrogen and oxygen atoms in total. The first kappa shape index (κ1) is 16.1. The van der Waals surface area contributed by atoms with Gasteiger partial charge in [0.1, 0.15) is 0 Å². The highest BCUT2D eigenvalue weighted by atomic mass is 32.1. The quantitative estimate of drug-likeness (QED) is 0.857. The van der Waals surface area contributed by atoms with Crippen LogP contribution in [0.15, 0.2) is 29.6 Å². The molecule has 1 aliphatic heterocycles. The summed E-state index contributed by atoms with van der Waals surface area (Å²) in [5, 5.41) is 6.15. The molecule has 2 heterocycles. The number of fused-ring (bicyclic) bond motifs is 1. The van der Waals surface area contributed by atoms with E-state index < -0.39 is 0 Å². The number of benzene rings is 1. The molecule has 5 heteroatoms. The molecule has 122 valence electrons. The zero-order chi connectivity index (χ0) is 16.2. The fourth-order valence-electron chi connectivity index (χ4n) is 3.15. The van der Waals surface area contributed by atoms with Crippen molar-refractivity contribution in [3.63, 3.8) is 0 Å². The van der Waals surface area contributed by atoms with Crippen molar-refractivity contribution in [2.75, 3.05) is 20.1 Å². The Morgan fingerprint density at radius 1 is 1.30 bits per heavy atom. The molecule has 0 bridgehead atoms. The minimum atomic E-state index is 0.0676. The Labute approximate surface area is 140 Å². The number of piperidine rings is 1. The van der Waals surface area contributed by atoms with Gasteiger partial charge in [-0.25, -0.2) is 0 Å². The molecular weight excluding hydrogens is 308 g/mol. The van der Waals surface area contributed by atoms with Gasteiger partial charge in [0.15, 0.2) is 5.78 Å². The normalized spacial score (nSPS) is 18.3. The molecule has 23 heavy (non-hydrogen) atoms. The molecular formula is C18H22N2O2S. The Bertz CT molecular complexity index is 710. The van der Waals surface area contributed by atoms with E-state index >= 15 is 0 Å². The molecule has 0 saturated carbocycles. The van der Waals surface area contributed by atoms with Crippen molar-refractivity contribution in [1.82, 2.24) is 10.2 Å². The van der Waals surface area contributed by atoms with Crippen LogP contribution in [-0.4, -0.2) is 42.8 Å². The number of amides is 1. The van der Waals surface area contributed by atoms with Gasteiger partial charge in [-0.3, -0.25) is 9.59 Å². The van der Waals surface area contributed by atoms with E-state index in [2.05, 4.69) is 5.32 Å². The lowest BCUT2D eigenvalue weighted by molar-refractivity contribution is -0.132. The molecule has 0 radical (unpaired) electrons. The van der Waals surface area contributed by atoms with Crippen molar-refractivity contribution in [1.29, 1.82) is 0 Å². The molecule has 1 atom stereocenters. The summed E-state index contributed by atoms with van der Waals surface area (Å²) in [5.74, 6) is 0.163. The number of likely N-dealkylation sites (N-methyl/N-ethyl adjacent to an activating group) is 1. The topological polar surface area (TPSA) is 49.4 Å². The number of hydrogen-bond donors (Lipinski definition) is 1. The Balaban J connectivity index is 1.59. The van der Waals surface area contributed by atoms with E-state index in [1.54, 1.807) is 11.3 Å². The van der Waals surface area contributed by atoms with Crippen LogP contribution in [0, 0.1) is 0 Å². The van der Waals surface area contributed by atoms with Crippen LogP contribution >= 0.6 is 11.3 Å². The van der Waals surface area contributed by atoms with Gasteiger partial charge in [0.25, 0.3) is 0 Å². The second-order valence-electron chi connectivity index (χ2n) is 6.04. The summed E-state index contributed by atoms with van der Waals surface area (Å²) < 4.78 is 1.12. The van der Waals surface area contributed by atoms with Crippen LogP contribution < -0.4 is 5.32 Å². The molecule has 1 amide bonds. The first-order valence-corrected chi connectivity index (χ1v) is 9.01. The van der Waals surface area contributed by atoms with Gasteiger partial charge in [0, 0.05) is 53.0 Å². The van der Waals surface area contributed by atoms with Crippen molar-refractivity contribution < 1.29 is 9.59 Å². The van der Waals surface area contributed by atoms with Crippen molar-refractivity contribution >= 4 is 33.1 Å². The highest BCUT2D eigenvalue weighted by Crippen LogP contribution is 2.27. The minimum Gasteiger partial charge on any atom is -0.341 e. The first-order valence-electron chi connectivity index (χ1n) is 8.13. The third-order valence-electron chi connectivity index (χ3n) is 4.53. The Kier molecular flexibility index (Phi) is 5.08. The van der Waals surface area contributed by atoms with E-state index in [0.29, 0.717) is 18.9 Å². The zero-order valence-electron chi connectivity index (χ0n) is 13.4. The fourth-order valence-corrected chi connectivity index (χ4v) is 4.11. The van der Waals surface area contributed by atoms with Gasteiger partial charge < -0.3 is 10.2 Å². The van der Waals surface area contributed by atoms with E-state index in [1.165, 1.54) is 0 Å². The number of carbonyl (C=O) groups excluding carboxylic acids is 2. The highest BCUT2D eigenvalue weighted by molar-refractivity contribution is 7.17. The predicted octanol–water partition coefficient (Wildman–Crippen LogP) is 3.07. The van der Waals surface area contributed by atoms with Gasteiger partial charge in [-0.1, -0.05) is 18.2 Å². The average molecular weight is 330 g/mol. The molecule has 1 saturated heterocycles. The number of Topliss-reactive ketones (excluding diaryl/α,β-unsaturated/α-hetero) is 1. The Hall–Kier alpha value is -1.72. The van der Waals surface area contributed by atoms with Crippen molar-refractivity contribution in [3.8, 4) is 0 Å². The van der Waals surface area contributed by atoms with E-state index in [0.717, 1.165) is 41.6 Å². The standard InChI is InChI=1S/C18H22N2O2S/c1-19-13-5-4-10-20(11-13)18(22)9-8-16(21)15-12-23-17-7-3-2-6-14(15)17/h2-3,6-7,12-13,19H,4-5,8-11H2,1H3. The van der Waals surface area contributed by atoms with Crippen molar-refractivity contribution in [2.24, 2.45) is 0 Å². The van der Waals surface area contributed by atoms with E-state index in [4.69, 9.17) is 0 Å². The summed E-state index contributed by atoms with van der Waals surface area (Å²) in [6.45, 7) is 1.57. The first-order chi connectivity index (χ1) is 11.2. The maximum Gasteiger partial charge on any atom is 0.223 e. The highest BCUT2D eigenvalue weighted by Gasteiger charge is 2.23. The van der Waals surface area contributed by atoms with Gasteiger partial charge >= 0.3 is 0 Å². The molecule has 0 aliphatic carbocycles. The third kappa shape index (κ3) is 3.62. The number of nitrogens with zero attached hydrogens (tertiary/aromatic N) is 1. The Morgan fingerprint density at radius 3 is 2.96 bits per heavy atom. The number of thiophene rings is 1. The van der Waals surface area contributed by atoms with Crippen molar-refractivity contribution in [2.45, 2.75) is 31.7 Å². The molecule has 1 aliphatic rings. The van der Waals surface area contributed by atoms with E-state index in [-0.39, 0.29) is 11.7 Å². The van der Waals surface area contributed by atoms with Crippen LogP contribution in [0.1, 0.15) is 36.0 Å². The number of hydrogen-bond acceptors (Lipinski definition) is 4. The van der Waals surface area contributed by atoms with Gasteiger partial charge in [-0.15, -0.1) is 11.3 Å². The van der Waals surface area contributed by atoms with Gasteiger partial charge in [0.2, 0.25) is 5.91 Å². The van der Waals surface area contributed by atoms with Gasteiger partial charge in [-0.2, -0.15) is 0 Å². The van der Waals surface area contributed by atoms with E-state index in [1.807, 2.05) is 41.6 Å². The minimum absolute atomic E-state index is 0.0676.